The average Bonchev–Trinajstić information content (AvgIpc) is 2.86. The van der Waals surface area contributed by atoms with Crippen LogP contribution in [-0.2, 0) is 20.9 Å². The molecule has 0 aliphatic carbocycles. The number of aliphatic carboxylic acids is 1. The zero-order valence-electron chi connectivity index (χ0n) is 20.6. The summed E-state index contributed by atoms with van der Waals surface area (Å²) in [5.41, 5.74) is 1.88. The minimum Gasteiger partial charge on any atom is -0.475 e. The third-order valence-electron chi connectivity index (χ3n) is 5.29. The van der Waals surface area contributed by atoms with Gasteiger partial charge >= 0.3 is 12.1 Å². The summed E-state index contributed by atoms with van der Waals surface area (Å²) in [5, 5.41) is 13.6. The molecule has 1 saturated heterocycles. The van der Waals surface area contributed by atoms with E-state index in [0.717, 1.165) is 18.7 Å². The molecule has 3 rings (SSSR count). The van der Waals surface area contributed by atoms with E-state index in [1.807, 2.05) is 23.1 Å². The molecule has 9 nitrogen and oxygen atoms in total. The molecule has 0 bridgehead atoms. The number of nitrogens with zero attached hydrogens (tertiary/aromatic N) is 2. The highest BCUT2D eigenvalue weighted by Crippen LogP contribution is 2.18. The summed E-state index contributed by atoms with van der Waals surface area (Å²) in [6, 6.07) is 14.1. The monoisotopic (exact) mass is 556 g/mol. The van der Waals surface area contributed by atoms with Crippen LogP contribution in [0.15, 0.2) is 48.5 Å². The van der Waals surface area contributed by atoms with Crippen molar-refractivity contribution in [2.45, 2.75) is 26.1 Å². The first-order valence-electron chi connectivity index (χ1n) is 11.6. The zero-order valence-corrected chi connectivity index (χ0v) is 21.3. The van der Waals surface area contributed by atoms with Crippen molar-refractivity contribution in [3.63, 3.8) is 0 Å². The average molecular weight is 557 g/mol. The van der Waals surface area contributed by atoms with E-state index in [9.17, 15) is 27.6 Å². The molecule has 38 heavy (non-hydrogen) atoms. The maximum absolute atomic E-state index is 13.3. The first-order chi connectivity index (χ1) is 17.9. The molecule has 1 aliphatic rings. The SMILES string of the molecule is CC(=O)Nc1cccc(C(=O)N(CCC(=O)N2CCNCC2)Cc2cccc(Cl)c2)c1.O=C(O)C(F)(F)F. The van der Waals surface area contributed by atoms with Crippen molar-refractivity contribution in [1.82, 2.24) is 15.1 Å². The molecular formula is C25H28ClF3N4O5. The summed E-state index contributed by atoms with van der Waals surface area (Å²) >= 11 is 6.11. The predicted molar refractivity (Wildman–Crippen MR) is 135 cm³/mol. The largest absolute Gasteiger partial charge is 0.490 e. The fraction of sp³-hybridized carbons (Fsp3) is 0.360. The fourth-order valence-corrected chi connectivity index (χ4v) is 3.74. The summed E-state index contributed by atoms with van der Waals surface area (Å²) in [6.45, 7) is 4.97. The zero-order chi connectivity index (χ0) is 28.3. The van der Waals surface area contributed by atoms with Crippen LogP contribution in [0.5, 0.6) is 0 Å². The van der Waals surface area contributed by atoms with E-state index in [0.29, 0.717) is 42.5 Å². The highest BCUT2D eigenvalue weighted by atomic mass is 35.5. The molecule has 0 atom stereocenters. The Kier molecular flexibility index (Phi) is 11.5. The number of amides is 3. The number of anilines is 1. The number of carboxylic acids is 1. The van der Waals surface area contributed by atoms with Gasteiger partial charge in [-0.25, -0.2) is 4.79 Å². The van der Waals surface area contributed by atoms with Gasteiger partial charge in [0.15, 0.2) is 0 Å². The number of hydrogen-bond donors (Lipinski definition) is 3. The van der Waals surface area contributed by atoms with Crippen molar-refractivity contribution in [2.24, 2.45) is 0 Å². The van der Waals surface area contributed by atoms with Gasteiger partial charge in [0.1, 0.15) is 0 Å². The Bertz CT molecular complexity index is 1140. The molecular weight excluding hydrogens is 529 g/mol. The van der Waals surface area contributed by atoms with Gasteiger partial charge in [0.05, 0.1) is 0 Å². The minimum atomic E-state index is -5.08. The van der Waals surface area contributed by atoms with Crippen LogP contribution in [0.2, 0.25) is 5.02 Å². The van der Waals surface area contributed by atoms with E-state index in [2.05, 4.69) is 10.6 Å². The number of carbonyl (C=O) groups excluding carboxylic acids is 3. The van der Waals surface area contributed by atoms with Gasteiger partial charge in [-0.05, 0) is 35.9 Å². The smallest absolute Gasteiger partial charge is 0.475 e. The molecule has 0 unspecified atom stereocenters. The highest BCUT2D eigenvalue weighted by Gasteiger charge is 2.38. The molecule has 13 heteroatoms. The van der Waals surface area contributed by atoms with Crippen molar-refractivity contribution in [3.05, 3.63) is 64.7 Å². The number of carbonyl (C=O) groups is 4. The van der Waals surface area contributed by atoms with Gasteiger partial charge in [0, 0.05) is 68.9 Å². The Morgan fingerprint density at radius 3 is 2.29 bits per heavy atom. The maximum Gasteiger partial charge on any atom is 0.490 e. The molecule has 2 aromatic carbocycles. The summed E-state index contributed by atoms with van der Waals surface area (Å²) in [6.07, 6.45) is -4.84. The summed E-state index contributed by atoms with van der Waals surface area (Å²) in [4.78, 5) is 49.7. The summed E-state index contributed by atoms with van der Waals surface area (Å²) in [5.74, 6) is -3.13. The van der Waals surface area contributed by atoms with E-state index in [4.69, 9.17) is 21.5 Å². The molecule has 0 saturated carbocycles. The molecule has 1 fully saturated rings. The molecule has 2 aromatic rings. The van der Waals surface area contributed by atoms with Crippen molar-refractivity contribution >= 4 is 41.0 Å². The lowest BCUT2D eigenvalue weighted by atomic mass is 10.1. The lowest BCUT2D eigenvalue weighted by Gasteiger charge is -2.29. The van der Waals surface area contributed by atoms with Crippen LogP contribution in [0.25, 0.3) is 0 Å². The second-order valence-corrected chi connectivity index (χ2v) is 8.74. The third kappa shape index (κ3) is 10.4. The lowest BCUT2D eigenvalue weighted by molar-refractivity contribution is -0.192. The van der Waals surface area contributed by atoms with Gasteiger partial charge in [-0.3, -0.25) is 14.4 Å². The van der Waals surface area contributed by atoms with Crippen molar-refractivity contribution in [1.29, 1.82) is 0 Å². The first kappa shape index (κ1) is 30.6. The van der Waals surface area contributed by atoms with E-state index in [1.54, 1.807) is 35.2 Å². The Labute approximate surface area is 222 Å². The third-order valence-corrected chi connectivity index (χ3v) is 5.52. The Balaban J connectivity index is 0.000000638. The van der Waals surface area contributed by atoms with Crippen LogP contribution in [0.4, 0.5) is 18.9 Å². The lowest BCUT2D eigenvalue weighted by Crippen LogP contribution is -2.47. The van der Waals surface area contributed by atoms with Crippen LogP contribution in [-0.4, -0.2) is 77.5 Å². The Morgan fingerprint density at radius 2 is 1.71 bits per heavy atom. The first-order valence-corrected chi connectivity index (χ1v) is 11.9. The second-order valence-electron chi connectivity index (χ2n) is 8.30. The van der Waals surface area contributed by atoms with Gasteiger partial charge in [-0.1, -0.05) is 29.8 Å². The molecule has 3 amide bonds. The van der Waals surface area contributed by atoms with Crippen LogP contribution < -0.4 is 10.6 Å². The molecule has 1 aliphatic heterocycles. The minimum absolute atomic E-state index is 0.0393. The van der Waals surface area contributed by atoms with Crippen LogP contribution in [0.3, 0.4) is 0 Å². The number of halogens is 4. The number of carboxylic acid groups (broad SMARTS) is 1. The van der Waals surface area contributed by atoms with Gasteiger partial charge in [0.25, 0.3) is 5.91 Å². The molecule has 1 heterocycles. The van der Waals surface area contributed by atoms with E-state index < -0.39 is 12.1 Å². The summed E-state index contributed by atoms with van der Waals surface area (Å²) in [7, 11) is 0. The molecule has 0 aromatic heterocycles. The van der Waals surface area contributed by atoms with Crippen LogP contribution in [0, 0.1) is 0 Å². The van der Waals surface area contributed by atoms with Gasteiger partial charge in [-0.2, -0.15) is 13.2 Å². The quantitative estimate of drug-likeness (QED) is 0.481. The predicted octanol–water partition coefficient (Wildman–Crippen LogP) is 3.40. The number of hydrogen-bond acceptors (Lipinski definition) is 5. The van der Waals surface area contributed by atoms with Crippen molar-refractivity contribution in [2.75, 3.05) is 38.0 Å². The molecule has 3 N–H and O–H groups in total. The van der Waals surface area contributed by atoms with E-state index in [-0.39, 0.29) is 24.1 Å². The molecule has 206 valence electrons. The van der Waals surface area contributed by atoms with Gasteiger partial charge in [0.2, 0.25) is 11.8 Å². The highest BCUT2D eigenvalue weighted by molar-refractivity contribution is 6.30. The van der Waals surface area contributed by atoms with Gasteiger partial charge < -0.3 is 25.5 Å². The number of piperazine rings is 1. The Hall–Kier alpha value is -3.64. The van der Waals surface area contributed by atoms with E-state index in [1.165, 1.54) is 6.92 Å². The topological polar surface area (TPSA) is 119 Å². The van der Waals surface area contributed by atoms with Gasteiger partial charge in [-0.15, -0.1) is 0 Å². The molecule has 0 radical (unpaired) electrons. The van der Waals surface area contributed by atoms with Crippen LogP contribution in [0.1, 0.15) is 29.3 Å². The number of alkyl halides is 3. The fourth-order valence-electron chi connectivity index (χ4n) is 3.53. The number of rotatable bonds is 7. The van der Waals surface area contributed by atoms with Crippen LogP contribution >= 0.6 is 11.6 Å². The van der Waals surface area contributed by atoms with Crippen molar-refractivity contribution < 1.29 is 37.5 Å². The number of benzene rings is 2. The van der Waals surface area contributed by atoms with E-state index >= 15 is 0 Å². The maximum atomic E-state index is 13.3. The van der Waals surface area contributed by atoms with Crippen molar-refractivity contribution in [3.8, 4) is 0 Å². The standard InChI is InChI=1S/C23H27ClN4O3.C2HF3O2/c1-17(29)26-21-7-3-5-19(15-21)23(31)28(16-18-4-2-6-20(24)14-18)11-8-22(30)27-12-9-25-10-13-27;3-2(4,5)1(6)7/h2-7,14-15,25H,8-13,16H2,1H3,(H,26,29);(H,6,7). The second kappa shape index (κ2) is 14.3. The number of nitrogens with one attached hydrogen (secondary N) is 2. The normalized spacial score (nSPS) is 13.1. The summed E-state index contributed by atoms with van der Waals surface area (Å²) < 4.78 is 31.7. The Morgan fingerprint density at radius 1 is 1.08 bits per heavy atom. The molecule has 0 spiro atoms.